The Morgan fingerprint density at radius 1 is 1.15 bits per heavy atom. The van der Waals surface area contributed by atoms with Crippen molar-refractivity contribution >= 4 is 0 Å². The van der Waals surface area contributed by atoms with Crippen molar-refractivity contribution in [3.05, 3.63) is 35.9 Å². The van der Waals surface area contributed by atoms with Crippen molar-refractivity contribution in [3.63, 3.8) is 0 Å². The maximum absolute atomic E-state index is 5.46. The normalized spacial score (nSPS) is 18.4. The zero-order chi connectivity index (χ0) is 14.2. The molecule has 2 rings (SSSR count). The highest BCUT2D eigenvalue weighted by Gasteiger charge is 2.17. The standard InChI is InChI=1S/C18H29NO/c1-15(2)19-14-18(17-6-4-3-5-7-17)9-8-16-10-12-20-13-11-16/h3-7,15-16,18-19H,8-14H2,1-2H3. The molecule has 0 aromatic heterocycles. The molecule has 1 fully saturated rings. The monoisotopic (exact) mass is 275 g/mol. The maximum Gasteiger partial charge on any atom is 0.0468 e. The van der Waals surface area contributed by atoms with E-state index < -0.39 is 0 Å². The van der Waals surface area contributed by atoms with Gasteiger partial charge < -0.3 is 10.1 Å². The number of nitrogens with one attached hydrogen (secondary N) is 1. The molecule has 112 valence electrons. The van der Waals surface area contributed by atoms with E-state index in [-0.39, 0.29) is 0 Å². The van der Waals surface area contributed by atoms with Crippen molar-refractivity contribution < 1.29 is 4.74 Å². The molecule has 0 bridgehead atoms. The molecule has 0 amide bonds. The van der Waals surface area contributed by atoms with Crippen LogP contribution in [0.3, 0.4) is 0 Å². The molecule has 1 aliphatic rings. The highest BCUT2D eigenvalue weighted by molar-refractivity contribution is 5.19. The third-order valence-electron chi connectivity index (χ3n) is 4.31. The molecule has 1 unspecified atom stereocenters. The predicted molar refractivity (Wildman–Crippen MR) is 85.1 cm³/mol. The third-order valence-corrected chi connectivity index (χ3v) is 4.31. The number of hydrogen-bond acceptors (Lipinski definition) is 2. The fourth-order valence-corrected chi connectivity index (χ4v) is 2.96. The van der Waals surface area contributed by atoms with Crippen molar-refractivity contribution in [2.45, 2.75) is 51.5 Å². The van der Waals surface area contributed by atoms with Crippen LogP contribution >= 0.6 is 0 Å². The Balaban J connectivity index is 1.88. The number of benzene rings is 1. The lowest BCUT2D eigenvalue weighted by molar-refractivity contribution is 0.0627. The molecule has 0 saturated carbocycles. The van der Waals surface area contributed by atoms with E-state index in [1.165, 1.54) is 31.2 Å². The van der Waals surface area contributed by atoms with Crippen molar-refractivity contribution in [1.82, 2.24) is 5.32 Å². The van der Waals surface area contributed by atoms with Gasteiger partial charge in [-0.05, 0) is 43.1 Å². The van der Waals surface area contributed by atoms with Crippen LogP contribution in [0.5, 0.6) is 0 Å². The van der Waals surface area contributed by atoms with Gasteiger partial charge >= 0.3 is 0 Å². The number of ether oxygens (including phenoxy) is 1. The zero-order valence-electron chi connectivity index (χ0n) is 13.0. The van der Waals surface area contributed by atoms with Gasteiger partial charge in [-0.15, -0.1) is 0 Å². The van der Waals surface area contributed by atoms with Crippen LogP contribution in [0.15, 0.2) is 30.3 Å². The first-order valence-electron chi connectivity index (χ1n) is 8.11. The highest BCUT2D eigenvalue weighted by Crippen LogP contribution is 2.27. The van der Waals surface area contributed by atoms with E-state index in [2.05, 4.69) is 49.5 Å². The molecule has 1 atom stereocenters. The molecule has 2 heteroatoms. The lowest BCUT2D eigenvalue weighted by Crippen LogP contribution is -2.28. The third kappa shape index (κ3) is 5.26. The van der Waals surface area contributed by atoms with Crippen molar-refractivity contribution in [1.29, 1.82) is 0 Å². The van der Waals surface area contributed by atoms with E-state index in [1.807, 2.05) is 0 Å². The average Bonchev–Trinajstić information content (AvgIpc) is 2.49. The van der Waals surface area contributed by atoms with Gasteiger partial charge in [-0.2, -0.15) is 0 Å². The first-order chi connectivity index (χ1) is 9.75. The molecule has 1 saturated heterocycles. The van der Waals surface area contributed by atoms with Gasteiger partial charge in [-0.3, -0.25) is 0 Å². The predicted octanol–water partition coefficient (Wildman–Crippen LogP) is 3.98. The van der Waals surface area contributed by atoms with E-state index in [0.29, 0.717) is 12.0 Å². The molecule has 0 aliphatic carbocycles. The Labute approximate surface area is 123 Å². The van der Waals surface area contributed by atoms with E-state index in [9.17, 15) is 0 Å². The van der Waals surface area contributed by atoms with Crippen molar-refractivity contribution in [3.8, 4) is 0 Å². The van der Waals surface area contributed by atoms with Crippen molar-refractivity contribution in [2.75, 3.05) is 19.8 Å². The van der Waals surface area contributed by atoms with Crippen LogP contribution < -0.4 is 5.32 Å². The topological polar surface area (TPSA) is 21.3 Å². The van der Waals surface area contributed by atoms with Gasteiger partial charge in [0.25, 0.3) is 0 Å². The van der Waals surface area contributed by atoms with Crippen molar-refractivity contribution in [2.24, 2.45) is 5.92 Å². The largest absolute Gasteiger partial charge is 0.381 e. The lowest BCUT2D eigenvalue weighted by Gasteiger charge is -2.25. The maximum atomic E-state index is 5.46. The summed E-state index contributed by atoms with van der Waals surface area (Å²) >= 11 is 0. The number of rotatable bonds is 7. The summed E-state index contributed by atoms with van der Waals surface area (Å²) in [4.78, 5) is 0. The Morgan fingerprint density at radius 3 is 2.50 bits per heavy atom. The minimum atomic E-state index is 0.560. The van der Waals surface area contributed by atoms with Gasteiger partial charge in [0.15, 0.2) is 0 Å². The van der Waals surface area contributed by atoms with Gasteiger partial charge in [0.05, 0.1) is 0 Å². The van der Waals surface area contributed by atoms with E-state index in [1.54, 1.807) is 0 Å². The quantitative estimate of drug-likeness (QED) is 0.813. The van der Waals surface area contributed by atoms with Gasteiger partial charge in [0.1, 0.15) is 0 Å². The molecule has 1 aromatic rings. The minimum absolute atomic E-state index is 0.560. The van der Waals surface area contributed by atoms with Crippen LogP contribution in [0.25, 0.3) is 0 Å². The summed E-state index contributed by atoms with van der Waals surface area (Å²) in [5.41, 5.74) is 1.48. The Kier molecular flexibility index (Phi) is 6.55. The van der Waals surface area contributed by atoms with Gasteiger partial charge in [-0.1, -0.05) is 44.2 Å². The second kappa shape index (κ2) is 8.43. The Bertz CT molecular complexity index is 357. The smallest absolute Gasteiger partial charge is 0.0468 e. The average molecular weight is 275 g/mol. The molecular formula is C18H29NO. The second-order valence-corrected chi connectivity index (χ2v) is 6.30. The molecule has 2 nitrogen and oxygen atoms in total. The van der Waals surface area contributed by atoms with Crippen LogP contribution in [-0.4, -0.2) is 25.8 Å². The Morgan fingerprint density at radius 2 is 1.85 bits per heavy atom. The summed E-state index contributed by atoms with van der Waals surface area (Å²) in [7, 11) is 0. The summed E-state index contributed by atoms with van der Waals surface area (Å²) in [6.07, 6.45) is 5.12. The lowest BCUT2D eigenvalue weighted by atomic mass is 9.87. The van der Waals surface area contributed by atoms with Crippen LogP contribution in [0.4, 0.5) is 0 Å². The molecule has 0 radical (unpaired) electrons. The molecule has 1 aromatic carbocycles. The molecule has 1 heterocycles. The van der Waals surface area contributed by atoms with Crippen LogP contribution in [0.1, 0.15) is 51.0 Å². The van der Waals surface area contributed by atoms with Gasteiger partial charge in [0, 0.05) is 25.8 Å². The highest BCUT2D eigenvalue weighted by atomic mass is 16.5. The van der Waals surface area contributed by atoms with Crippen LogP contribution in [0, 0.1) is 5.92 Å². The number of hydrogen-bond donors (Lipinski definition) is 1. The fourth-order valence-electron chi connectivity index (χ4n) is 2.96. The molecule has 20 heavy (non-hydrogen) atoms. The Hall–Kier alpha value is -0.860. The van der Waals surface area contributed by atoms with Gasteiger partial charge in [-0.25, -0.2) is 0 Å². The zero-order valence-corrected chi connectivity index (χ0v) is 13.0. The summed E-state index contributed by atoms with van der Waals surface area (Å²) in [5.74, 6) is 1.51. The first-order valence-corrected chi connectivity index (χ1v) is 8.11. The van der Waals surface area contributed by atoms with E-state index >= 15 is 0 Å². The molecular weight excluding hydrogens is 246 g/mol. The minimum Gasteiger partial charge on any atom is -0.381 e. The van der Waals surface area contributed by atoms with E-state index in [0.717, 1.165) is 25.7 Å². The molecule has 0 spiro atoms. The summed E-state index contributed by atoms with van der Waals surface area (Å²) < 4.78 is 5.46. The van der Waals surface area contributed by atoms with Crippen LogP contribution in [-0.2, 0) is 4.74 Å². The second-order valence-electron chi connectivity index (χ2n) is 6.30. The fraction of sp³-hybridized carbons (Fsp3) is 0.667. The van der Waals surface area contributed by atoms with E-state index in [4.69, 9.17) is 4.74 Å². The summed E-state index contributed by atoms with van der Waals surface area (Å²) in [6, 6.07) is 11.5. The SMILES string of the molecule is CC(C)NCC(CCC1CCOCC1)c1ccccc1. The van der Waals surface area contributed by atoms with Gasteiger partial charge in [0.2, 0.25) is 0 Å². The first kappa shape index (κ1) is 15.5. The molecule has 1 N–H and O–H groups in total. The van der Waals surface area contributed by atoms with Crippen LogP contribution in [0.2, 0.25) is 0 Å². The summed E-state index contributed by atoms with van der Waals surface area (Å²) in [5, 5.41) is 3.61. The summed E-state index contributed by atoms with van der Waals surface area (Å²) in [6.45, 7) is 7.46. The molecule has 1 aliphatic heterocycles.